The summed E-state index contributed by atoms with van der Waals surface area (Å²) in [5.41, 5.74) is 0. The maximum atomic E-state index is 12.8. The molecule has 0 bridgehead atoms. The van der Waals surface area contributed by atoms with Gasteiger partial charge in [0.25, 0.3) is 6.29 Å². The number of allylic oxidation sites excluding steroid dienone is 17. The lowest BCUT2D eigenvalue weighted by molar-refractivity contribution is -0.870. The van der Waals surface area contributed by atoms with Crippen LogP contribution in [0.25, 0.3) is 0 Å². The summed E-state index contributed by atoms with van der Waals surface area (Å²) in [5, 5.41) is 9.69. The molecule has 0 aromatic carbocycles. The van der Waals surface area contributed by atoms with Crippen molar-refractivity contribution in [2.45, 2.75) is 270 Å². The largest absolute Gasteiger partial charge is 0.477 e. The smallest absolute Gasteiger partial charge is 0.361 e. The fourth-order valence-electron chi connectivity index (χ4n) is 8.73. The van der Waals surface area contributed by atoms with Crippen LogP contribution in [0.5, 0.6) is 0 Å². The molecule has 0 aliphatic carbocycles. The van der Waals surface area contributed by atoms with E-state index in [0.717, 1.165) is 70.6 Å². The van der Waals surface area contributed by atoms with Gasteiger partial charge < -0.3 is 28.5 Å². The number of esters is 2. The average molecular weight is 1100 g/mol. The Morgan fingerprint density at radius 1 is 0.392 bits per heavy atom. The van der Waals surface area contributed by atoms with Crippen molar-refractivity contribution in [3.05, 3.63) is 109 Å². The number of carboxylic acids is 1. The van der Waals surface area contributed by atoms with Crippen LogP contribution in [-0.2, 0) is 33.3 Å². The minimum Gasteiger partial charge on any atom is -0.477 e. The molecule has 0 aliphatic rings. The summed E-state index contributed by atoms with van der Waals surface area (Å²) >= 11 is 0. The Morgan fingerprint density at radius 3 is 1.08 bits per heavy atom. The number of hydrogen-bond donors (Lipinski definition) is 1. The van der Waals surface area contributed by atoms with E-state index in [4.69, 9.17) is 18.9 Å². The molecular formula is C70H120NO8+. The number of aliphatic carboxylic acids is 1. The van der Waals surface area contributed by atoms with Crippen LogP contribution in [0.2, 0.25) is 0 Å². The summed E-state index contributed by atoms with van der Waals surface area (Å²) in [6, 6.07) is 0. The van der Waals surface area contributed by atoms with E-state index >= 15 is 0 Å². The molecule has 0 aromatic rings. The predicted octanol–water partition coefficient (Wildman–Crippen LogP) is 19.5. The van der Waals surface area contributed by atoms with Gasteiger partial charge in [0.1, 0.15) is 13.2 Å². The van der Waals surface area contributed by atoms with E-state index in [0.29, 0.717) is 17.4 Å². The Bertz CT molecular complexity index is 1660. The zero-order valence-electron chi connectivity index (χ0n) is 51.5. The molecule has 79 heavy (non-hydrogen) atoms. The molecule has 1 N–H and O–H groups in total. The van der Waals surface area contributed by atoms with Crippen LogP contribution in [0.3, 0.4) is 0 Å². The van der Waals surface area contributed by atoms with E-state index in [-0.39, 0.29) is 38.6 Å². The molecule has 0 radical (unpaired) electrons. The second-order valence-corrected chi connectivity index (χ2v) is 22.3. The maximum Gasteiger partial charge on any atom is 0.361 e. The number of unbranched alkanes of at least 4 members (excludes halogenated alkanes) is 26. The minimum absolute atomic E-state index is 0.0255. The molecule has 9 heteroatoms. The van der Waals surface area contributed by atoms with Crippen LogP contribution < -0.4 is 0 Å². The zero-order chi connectivity index (χ0) is 57.6. The Balaban J connectivity index is 4.00. The van der Waals surface area contributed by atoms with Gasteiger partial charge in [0.05, 0.1) is 40.8 Å². The zero-order valence-corrected chi connectivity index (χ0v) is 51.5. The van der Waals surface area contributed by atoms with E-state index in [9.17, 15) is 19.5 Å². The summed E-state index contributed by atoms with van der Waals surface area (Å²) < 4.78 is 22.7. The van der Waals surface area contributed by atoms with E-state index in [1.807, 2.05) is 33.3 Å². The molecule has 2 unspecified atom stereocenters. The monoisotopic (exact) mass is 1100 g/mol. The molecular weight excluding hydrogens is 983 g/mol. The third kappa shape index (κ3) is 61.4. The van der Waals surface area contributed by atoms with Crippen molar-refractivity contribution in [3.8, 4) is 0 Å². The minimum atomic E-state index is -1.54. The standard InChI is InChI=1S/C70H119NO8/c1-6-8-10-12-14-16-18-20-22-23-24-25-26-27-28-29-30-31-32-33-34-35-36-37-38-39-40-41-42-43-44-45-47-48-50-52-54-56-58-60-67(72)77-64-66(65-78-70(69(74)75)76-63-62-71(3,4)5)79-68(73)61-59-57-55-53-51-49-46-21-19-17-15-13-11-9-7-2/h8-11,14-17,20-22,24-25,46,51,53,57,59,66,70H,6-7,12-13,18-19,23,26-45,47-50,52,54-56,58,60-65H2,1-5H3/p+1/b10-8-,11-9-,16-14-,17-15-,22-20-,25-24-,46-21-,53-51-,59-57-. The van der Waals surface area contributed by atoms with Crippen LogP contribution in [0.4, 0.5) is 0 Å². The Labute approximate surface area is 485 Å². The summed E-state index contributed by atoms with van der Waals surface area (Å²) in [6.07, 6.45) is 81.1. The molecule has 0 heterocycles. The van der Waals surface area contributed by atoms with Gasteiger partial charge in [-0.1, -0.05) is 277 Å². The van der Waals surface area contributed by atoms with Crippen LogP contribution in [0.15, 0.2) is 109 Å². The first-order chi connectivity index (χ1) is 38.6. The van der Waals surface area contributed by atoms with E-state index in [1.165, 1.54) is 154 Å². The molecule has 452 valence electrons. The van der Waals surface area contributed by atoms with Gasteiger partial charge >= 0.3 is 17.9 Å². The number of carbonyl (C=O) groups is 3. The first kappa shape index (κ1) is 75.0. The fourth-order valence-corrected chi connectivity index (χ4v) is 8.73. The van der Waals surface area contributed by atoms with Crippen LogP contribution in [-0.4, -0.2) is 87.4 Å². The molecule has 0 aliphatic heterocycles. The van der Waals surface area contributed by atoms with Crippen molar-refractivity contribution in [1.29, 1.82) is 0 Å². The molecule has 0 saturated heterocycles. The lowest BCUT2D eigenvalue weighted by atomic mass is 10.0. The number of rotatable bonds is 58. The van der Waals surface area contributed by atoms with Gasteiger partial charge in [-0.25, -0.2) is 4.79 Å². The number of carbonyl (C=O) groups excluding carboxylic acids is 2. The van der Waals surface area contributed by atoms with Gasteiger partial charge in [0.2, 0.25) is 0 Å². The van der Waals surface area contributed by atoms with Crippen LogP contribution in [0, 0.1) is 0 Å². The SMILES string of the molecule is CC/C=C\C/C=C\C/C=C\C/C=C\C/C=C\CC(=O)OC(COC(=O)CCCCCCCCCCCCCCCCCCCCCCCCCCCC/C=C\C/C=C\C/C=C\C/C=C\CC)COC(OCC[N+](C)(C)C)C(=O)O. The third-order valence-electron chi connectivity index (χ3n) is 13.6. The van der Waals surface area contributed by atoms with Gasteiger partial charge in [0, 0.05) is 6.42 Å². The van der Waals surface area contributed by atoms with Crippen molar-refractivity contribution in [3.63, 3.8) is 0 Å². The van der Waals surface area contributed by atoms with Crippen LogP contribution in [0.1, 0.15) is 258 Å². The molecule has 0 amide bonds. The highest BCUT2D eigenvalue weighted by Crippen LogP contribution is 2.17. The van der Waals surface area contributed by atoms with Crippen molar-refractivity contribution in [2.75, 3.05) is 47.5 Å². The third-order valence-corrected chi connectivity index (χ3v) is 13.6. The molecule has 0 spiro atoms. The fraction of sp³-hybridized carbons (Fsp3) is 0.700. The van der Waals surface area contributed by atoms with E-state index in [1.54, 1.807) is 6.08 Å². The van der Waals surface area contributed by atoms with E-state index < -0.39 is 24.3 Å². The topological polar surface area (TPSA) is 108 Å². The number of nitrogens with zero attached hydrogens (tertiary/aromatic N) is 1. The quantitative estimate of drug-likeness (QED) is 0.0211. The normalized spacial score (nSPS) is 13.5. The number of quaternary nitrogens is 1. The average Bonchev–Trinajstić information content (AvgIpc) is 3.42. The van der Waals surface area contributed by atoms with Crippen molar-refractivity contribution < 1.29 is 42.9 Å². The molecule has 0 rings (SSSR count). The number of ether oxygens (including phenoxy) is 4. The van der Waals surface area contributed by atoms with Crippen molar-refractivity contribution in [1.82, 2.24) is 0 Å². The van der Waals surface area contributed by atoms with Crippen LogP contribution >= 0.6 is 0 Å². The second kappa shape index (κ2) is 60.1. The highest BCUT2D eigenvalue weighted by atomic mass is 16.7. The molecule has 2 atom stereocenters. The molecule has 9 nitrogen and oxygen atoms in total. The lowest BCUT2D eigenvalue weighted by Gasteiger charge is -2.25. The first-order valence-corrected chi connectivity index (χ1v) is 32.1. The highest BCUT2D eigenvalue weighted by Gasteiger charge is 2.25. The first-order valence-electron chi connectivity index (χ1n) is 32.1. The number of hydrogen-bond acceptors (Lipinski definition) is 7. The van der Waals surface area contributed by atoms with Gasteiger partial charge in [-0.15, -0.1) is 0 Å². The van der Waals surface area contributed by atoms with Gasteiger partial charge in [-0.2, -0.15) is 0 Å². The van der Waals surface area contributed by atoms with Crippen molar-refractivity contribution >= 4 is 17.9 Å². The van der Waals surface area contributed by atoms with Crippen molar-refractivity contribution in [2.24, 2.45) is 0 Å². The van der Waals surface area contributed by atoms with E-state index in [2.05, 4.69) is 105 Å². The highest BCUT2D eigenvalue weighted by molar-refractivity contribution is 5.72. The Hall–Kier alpha value is -4.05. The number of carboxylic acid groups (broad SMARTS) is 1. The van der Waals surface area contributed by atoms with Gasteiger partial charge in [-0.05, 0) is 77.0 Å². The molecule has 0 saturated carbocycles. The molecule has 0 aromatic heterocycles. The molecule has 0 fully saturated rings. The summed E-state index contributed by atoms with van der Waals surface area (Å²) in [5.74, 6) is -2.17. The summed E-state index contributed by atoms with van der Waals surface area (Å²) in [4.78, 5) is 37.3. The number of likely N-dealkylation sites (N-methyl/N-ethyl adjacent to an activating group) is 1. The predicted molar refractivity (Wildman–Crippen MR) is 336 cm³/mol. The summed E-state index contributed by atoms with van der Waals surface area (Å²) in [7, 11) is 5.94. The van der Waals surface area contributed by atoms with Gasteiger partial charge in [-0.3, -0.25) is 9.59 Å². The Morgan fingerprint density at radius 2 is 0.722 bits per heavy atom. The maximum absolute atomic E-state index is 12.8. The Kier molecular flexibility index (Phi) is 57.0. The summed E-state index contributed by atoms with van der Waals surface area (Å²) in [6.45, 7) is 4.54. The van der Waals surface area contributed by atoms with Gasteiger partial charge in [0.15, 0.2) is 6.10 Å². The second-order valence-electron chi connectivity index (χ2n) is 22.3. The lowest BCUT2D eigenvalue weighted by Crippen LogP contribution is -2.40.